The Morgan fingerprint density at radius 3 is 2.67 bits per heavy atom. The van der Waals surface area contributed by atoms with E-state index in [1.807, 2.05) is 0 Å². The summed E-state index contributed by atoms with van der Waals surface area (Å²) in [5.74, 6) is 0. The van der Waals surface area contributed by atoms with Gasteiger partial charge in [-0.25, -0.2) is 0 Å². The van der Waals surface area contributed by atoms with Gasteiger partial charge in [0.2, 0.25) is 0 Å². The second-order valence-electron chi connectivity index (χ2n) is 6.79. The number of hydrogen-bond acceptors (Lipinski definition) is 2. The zero-order valence-corrected chi connectivity index (χ0v) is 13.3. The van der Waals surface area contributed by atoms with Gasteiger partial charge in [0.15, 0.2) is 0 Å². The van der Waals surface area contributed by atoms with E-state index in [1.165, 1.54) is 77.5 Å². The number of unbranched alkanes of at least 4 members (excludes halogenated alkanes) is 3. The van der Waals surface area contributed by atoms with Crippen molar-refractivity contribution in [1.82, 2.24) is 10.2 Å². The van der Waals surface area contributed by atoms with Crippen molar-refractivity contribution in [3.05, 3.63) is 35.4 Å². The van der Waals surface area contributed by atoms with Gasteiger partial charge in [-0.2, -0.15) is 0 Å². The molecule has 1 fully saturated rings. The molecule has 1 heterocycles. The first-order chi connectivity index (χ1) is 10.4. The van der Waals surface area contributed by atoms with Crippen molar-refractivity contribution < 1.29 is 0 Å². The van der Waals surface area contributed by atoms with E-state index in [1.54, 1.807) is 11.1 Å². The molecule has 0 spiro atoms. The monoisotopic (exact) mass is 286 g/mol. The average Bonchev–Trinajstić information content (AvgIpc) is 3.32. The Kier molecular flexibility index (Phi) is 5.70. The zero-order chi connectivity index (χ0) is 14.3. The number of aryl methyl sites for hydroxylation is 1. The van der Waals surface area contributed by atoms with Crippen LogP contribution >= 0.6 is 0 Å². The summed E-state index contributed by atoms with van der Waals surface area (Å²) in [6.45, 7) is 4.96. The lowest BCUT2D eigenvalue weighted by Crippen LogP contribution is -2.24. The minimum absolute atomic E-state index is 0.877. The van der Waals surface area contributed by atoms with Crippen molar-refractivity contribution in [1.29, 1.82) is 0 Å². The molecule has 0 saturated heterocycles. The summed E-state index contributed by atoms with van der Waals surface area (Å²) in [4.78, 5) is 2.66. The highest BCUT2D eigenvalue weighted by molar-refractivity contribution is 5.27. The van der Waals surface area contributed by atoms with E-state index >= 15 is 0 Å². The first-order valence-corrected chi connectivity index (χ1v) is 8.94. The quantitative estimate of drug-likeness (QED) is 0.732. The Morgan fingerprint density at radius 2 is 1.81 bits per heavy atom. The highest BCUT2D eigenvalue weighted by atomic mass is 15.1. The highest BCUT2D eigenvalue weighted by Crippen LogP contribution is 2.19. The highest BCUT2D eigenvalue weighted by Gasteiger charge is 2.19. The summed E-state index contributed by atoms with van der Waals surface area (Å²) >= 11 is 0. The van der Waals surface area contributed by atoms with Gasteiger partial charge in [-0.3, -0.25) is 4.90 Å². The van der Waals surface area contributed by atoms with E-state index in [0.29, 0.717) is 0 Å². The standard InChI is InChI=1S/C19H30N2/c1(5-13-20-19-11-12-19)2-6-14-21-15-7-10-17-8-3-4-9-18(17)16-21/h3-4,8-9,19-20H,1-2,5-7,10-16H2. The van der Waals surface area contributed by atoms with Crippen molar-refractivity contribution in [2.75, 3.05) is 19.6 Å². The third-order valence-corrected chi connectivity index (χ3v) is 4.84. The normalized spacial score (nSPS) is 19.2. The lowest BCUT2D eigenvalue weighted by molar-refractivity contribution is 0.262. The molecule has 1 aromatic rings. The lowest BCUT2D eigenvalue weighted by atomic mass is 10.0. The average molecular weight is 286 g/mol. The summed E-state index contributed by atoms with van der Waals surface area (Å²) in [5, 5.41) is 3.61. The number of rotatable bonds is 8. The molecule has 1 saturated carbocycles. The summed E-state index contributed by atoms with van der Waals surface area (Å²) in [5.41, 5.74) is 3.13. The summed E-state index contributed by atoms with van der Waals surface area (Å²) < 4.78 is 0. The fourth-order valence-electron chi connectivity index (χ4n) is 3.37. The smallest absolute Gasteiger partial charge is 0.0236 e. The van der Waals surface area contributed by atoms with Gasteiger partial charge in [0.25, 0.3) is 0 Å². The number of nitrogens with one attached hydrogen (secondary N) is 1. The summed E-state index contributed by atoms with van der Waals surface area (Å²) in [6.07, 6.45) is 10.9. The SMILES string of the molecule is c1ccc2c(c1)CCCN(CCCCCCNC1CC1)C2. The van der Waals surface area contributed by atoms with Crippen LogP contribution in [0.15, 0.2) is 24.3 Å². The maximum absolute atomic E-state index is 3.61. The molecular weight excluding hydrogens is 256 g/mol. The molecule has 116 valence electrons. The lowest BCUT2D eigenvalue weighted by Gasteiger charge is -2.20. The van der Waals surface area contributed by atoms with Crippen LogP contribution in [-0.4, -0.2) is 30.6 Å². The van der Waals surface area contributed by atoms with Gasteiger partial charge in [-0.05, 0) is 69.3 Å². The van der Waals surface area contributed by atoms with Crippen molar-refractivity contribution in [3.8, 4) is 0 Å². The van der Waals surface area contributed by atoms with Gasteiger partial charge < -0.3 is 5.32 Å². The molecule has 1 aliphatic heterocycles. The minimum Gasteiger partial charge on any atom is -0.314 e. The Bertz CT molecular complexity index is 425. The van der Waals surface area contributed by atoms with E-state index < -0.39 is 0 Å². The van der Waals surface area contributed by atoms with Gasteiger partial charge in [0, 0.05) is 12.6 Å². The van der Waals surface area contributed by atoms with Crippen LogP contribution in [0.25, 0.3) is 0 Å². The summed E-state index contributed by atoms with van der Waals surface area (Å²) in [6, 6.07) is 9.88. The zero-order valence-electron chi connectivity index (χ0n) is 13.3. The third kappa shape index (κ3) is 5.12. The van der Waals surface area contributed by atoms with Gasteiger partial charge in [-0.1, -0.05) is 37.1 Å². The first-order valence-electron chi connectivity index (χ1n) is 8.94. The Balaban J connectivity index is 1.30. The second-order valence-corrected chi connectivity index (χ2v) is 6.79. The molecule has 0 amide bonds. The maximum atomic E-state index is 3.61. The van der Waals surface area contributed by atoms with Gasteiger partial charge >= 0.3 is 0 Å². The maximum Gasteiger partial charge on any atom is 0.0236 e. The molecule has 0 aromatic heterocycles. The van der Waals surface area contributed by atoms with Crippen LogP contribution in [0.5, 0.6) is 0 Å². The molecule has 0 radical (unpaired) electrons. The number of fused-ring (bicyclic) bond motifs is 1. The predicted molar refractivity (Wildman–Crippen MR) is 89.5 cm³/mol. The van der Waals surface area contributed by atoms with Crippen LogP contribution in [-0.2, 0) is 13.0 Å². The molecule has 21 heavy (non-hydrogen) atoms. The van der Waals surface area contributed by atoms with E-state index in [9.17, 15) is 0 Å². The molecule has 3 rings (SSSR count). The van der Waals surface area contributed by atoms with Crippen LogP contribution in [0.3, 0.4) is 0 Å². The molecule has 2 heteroatoms. The molecule has 0 bridgehead atoms. The molecule has 0 atom stereocenters. The van der Waals surface area contributed by atoms with Gasteiger partial charge in [0.05, 0.1) is 0 Å². The van der Waals surface area contributed by atoms with Gasteiger partial charge in [0.1, 0.15) is 0 Å². The van der Waals surface area contributed by atoms with E-state index in [0.717, 1.165) is 6.04 Å². The van der Waals surface area contributed by atoms with Crippen LogP contribution in [0, 0.1) is 0 Å². The van der Waals surface area contributed by atoms with E-state index in [4.69, 9.17) is 0 Å². The first kappa shape index (κ1) is 15.1. The number of nitrogens with zero attached hydrogens (tertiary/aromatic N) is 1. The Hall–Kier alpha value is -0.860. The minimum atomic E-state index is 0.877. The molecule has 2 nitrogen and oxygen atoms in total. The largest absolute Gasteiger partial charge is 0.314 e. The van der Waals surface area contributed by atoms with Gasteiger partial charge in [-0.15, -0.1) is 0 Å². The summed E-state index contributed by atoms with van der Waals surface area (Å²) in [7, 11) is 0. The van der Waals surface area contributed by atoms with Crippen LogP contribution in [0.4, 0.5) is 0 Å². The van der Waals surface area contributed by atoms with Crippen molar-refractivity contribution in [3.63, 3.8) is 0 Å². The third-order valence-electron chi connectivity index (χ3n) is 4.84. The van der Waals surface area contributed by atoms with Crippen LogP contribution in [0.2, 0.25) is 0 Å². The molecule has 1 N–H and O–H groups in total. The predicted octanol–water partition coefficient (Wildman–Crippen LogP) is 3.75. The van der Waals surface area contributed by atoms with Crippen molar-refractivity contribution in [2.45, 2.75) is 64.0 Å². The number of benzene rings is 1. The van der Waals surface area contributed by atoms with Crippen LogP contribution in [0.1, 0.15) is 56.1 Å². The van der Waals surface area contributed by atoms with E-state index in [-0.39, 0.29) is 0 Å². The molecule has 1 aliphatic carbocycles. The molecule has 0 unspecified atom stereocenters. The van der Waals surface area contributed by atoms with Crippen molar-refractivity contribution in [2.24, 2.45) is 0 Å². The van der Waals surface area contributed by atoms with Crippen LogP contribution < -0.4 is 5.32 Å². The second kappa shape index (κ2) is 7.95. The van der Waals surface area contributed by atoms with Crippen molar-refractivity contribution >= 4 is 0 Å². The Labute approximate surface area is 129 Å². The molecule has 2 aliphatic rings. The molecule has 1 aromatic carbocycles. The fraction of sp³-hybridized carbons (Fsp3) is 0.684. The fourth-order valence-corrected chi connectivity index (χ4v) is 3.37. The van der Waals surface area contributed by atoms with E-state index in [2.05, 4.69) is 34.5 Å². The number of hydrogen-bond donors (Lipinski definition) is 1. The topological polar surface area (TPSA) is 15.3 Å². The Morgan fingerprint density at radius 1 is 1.00 bits per heavy atom. The molecular formula is C19H30N2.